The highest BCUT2D eigenvalue weighted by Crippen LogP contribution is 2.10. The maximum atomic E-state index is 5.76. The maximum Gasteiger partial charge on any atom is 0.131 e. The molecule has 0 unspecified atom stereocenters. The third-order valence-corrected chi connectivity index (χ3v) is 2.19. The van der Waals surface area contributed by atoms with Gasteiger partial charge < -0.3 is 5.32 Å². The van der Waals surface area contributed by atoms with Crippen molar-refractivity contribution in [2.24, 2.45) is 5.92 Å². The van der Waals surface area contributed by atoms with E-state index in [1.54, 1.807) is 6.07 Å². The van der Waals surface area contributed by atoms with Crippen molar-refractivity contribution in [1.29, 1.82) is 0 Å². The zero-order valence-corrected chi connectivity index (χ0v) is 9.51. The summed E-state index contributed by atoms with van der Waals surface area (Å²) < 4.78 is 0. The average Bonchev–Trinajstić information content (AvgIpc) is 2.12. The number of pyridine rings is 1. The number of hydrogen-bond acceptors (Lipinski definition) is 2. The average molecular weight is 213 g/mol. The van der Waals surface area contributed by atoms with Crippen LogP contribution in [0.25, 0.3) is 0 Å². The summed E-state index contributed by atoms with van der Waals surface area (Å²) in [4.78, 5) is 4.14. The molecule has 1 aromatic rings. The van der Waals surface area contributed by atoms with E-state index < -0.39 is 0 Å². The first-order valence-corrected chi connectivity index (χ1v) is 5.42. The van der Waals surface area contributed by atoms with Crippen LogP contribution < -0.4 is 5.32 Å². The van der Waals surface area contributed by atoms with Gasteiger partial charge in [-0.15, -0.1) is 0 Å². The fourth-order valence-corrected chi connectivity index (χ4v) is 1.40. The van der Waals surface area contributed by atoms with Gasteiger partial charge in [-0.25, -0.2) is 4.98 Å². The van der Waals surface area contributed by atoms with Crippen LogP contribution >= 0.6 is 11.6 Å². The third-order valence-electron chi connectivity index (χ3n) is 1.98. The Kier molecular flexibility index (Phi) is 4.74. The van der Waals surface area contributed by atoms with Crippen molar-refractivity contribution in [2.45, 2.75) is 26.7 Å². The molecule has 14 heavy (non-hydrogen) atoms. The molecule has 0 aromatic carbocycles. The zero-order valence-electron chi connectivity index (χ0n) is 8.76. The smallest absolute Gasteiger partial charge is 0.131 e. The molecule has 0 fully saturated rings. The molecule has 0 saturated heterocycles. The predicted molar refractivity (Wildman–Crippen MR) is 61.8 cm³/mol. The van der Waals surface area contributed by atoms with E-state index in [4.69, 9.17) is 11.6 Å². The Hall–Kier alpha value is -0.760. The van der Waals surface area contributed by atoms with Crippen LogP contribution in [-0.2, 0) is 0 Å². The van der Waals surface area contributed by atoms with Crippen LogP contribution in [0.4, 0.5) is 5.82 Å². The molecule has 1 heterocycles. The van der Waals surface area contributed by atoms with E-state index in [0.717, 1.165) is 18.3 Å². The molecule has 0 bridgehead atoms. The molecule has 1 aromatic heterocycles. The molecule has 0 aliphatic carbocycles. The first kappa shape index (κ1) is 11.3. The number of hydrogen-bond donors (Lipinski definition) is 1. The van der Waals surface area contributed by atoms with Crippen LogP contribution in [0, 0.1) is 5.92 Å². The Morgan fingerprint density at radius 3 is 2.86 bits per heavy atom. The highest BCUT2D eigenvalue weighted by atomic mass is 35.5. The summed E-state index contributed by atoms with van der Waals surface area (Å²) in [6.45, 7) is 5.43. The van der Waals surface area contributed by atoms with Crippen LogP contribution in [0.3, 0.4) is 0 Å². The van der Waals surface area contributed by atoms with Gasteiger partial charge in [-0.1, -0.05) is 31.5 Å². The second-order valence-corrected chi connectivity index (χ2v) is 4.20. The van der Waals surface area contributed by atoms with Crippen LogP contribution in [0.5, 0.6) is 0 Å². The minimum absolute atomic E-state index is 0.541. The maximum absolute atomic E-state index is 5.76. The lowest BCUT2D eigenvalue weighted by molar-refractivity contribution is 0.566. The monoisotopic (exact) mass is 212 g/mol. The Labute approximate surface area is 90.7 Å². The molecule has 0 atom stereocenters. The molecular weight excluding hydrogens is 196 g/mol. The quantitative estimate of drug-likeness (QED) is 0.596. The Bertz CT molecular complexity index is 274. The van der Waals surface area contributed by atoms with E-state index in [0.29, 0.717) is 5.15 Å². The van der Waals surface area contributed by atoms with Gasteiger partial charge in [-0.3, -0.25) is 0 Å². The van der Waals surface area contributed by atoms with E-state index in [1.807, 2.05) is 12.1 Å². The molecule has 0 aliphatic heterocycles. The van der Waals surface area contributed by atoms with Crippen molar-refractivity contribution in [2.75, 3.05) is 11.9 Å². The van der Waals surface area contributed by atoms with Crippen molar-refractivity contribution < 1.29 is 0 Å². The summed E-state index contributed by atoms with van der Waals surface area (Å²) in [5, 5.41) is 3.79. The molecule has 0 saturated carbocycles. The number of aromatic nitrogens is 1. The number of rotatable bonds is 5. The molecule has 1 N–H and O–H groups in total. The second-order valence-electron chi connectivity index (χ2n) is 3.81. The molecular formula is C11H17ClN2. The summed E-state index contributed by atoms with van der Waals surface area (Å²) in [6.07, 6.45) is 2.42. The second kappa shape index (κ2) is 5.86. The number of halogens is 1. The third kappa shape index (κ3) is 4.47. The first-order valence-electron chi connectivity index (χ1n) is 5.05. The lowest BCUT2D eigenvalue weighted by atomic mass is 10.1. The largest absolute Gasteiger partial charge is 0.370 e. The summed E-state index contributed by atoms with van der Waals surface area (Å²) >= 11 is 5.76. The van der Waals surface area contributed by atoms with Crippen LogP contribution in [-0.4, -0.2) is 11.5 Å². The topological polar surface area (TPSA) is 24.9 Å². The summed E-state index contributed by atoms with van der Waals surface area (Å²) in [5.41, 5.74) is 0. The number of nitrogens with zero attached hydrogens (tertiary/aromatic N) is 1. The van der Waals surface area contributed by atoms with Gasteiger partial charge in [0, 0.05) is 6.54 Å². The van der Waals surface area contributed by atoms with Gasteiger partial charge in [0.25, 0.3) is 0 Å². The van der Waals surface area contributed by atoms with E-state index in [-0.39, 0.29) is 0 Å². The van der Waals surface area contributed by atoms with Crippen molar-refractivity contribution in [3.8, 4) is 0 Å². The minimum Gasteiger partial charge on any atom is -0.370 e. The number of anilines is 1. The normalized spacial score (nSPS) is 10.6. The first-order chi connectivity index (χ1) is 6.68. The van der Waals surface area contributed by atoms with Crippen molar-refractivity contribution in [3.63, 3.8) is 0 Å². The van der Waals surface area contributed by atoms with Crippen molar-refractivity contribution >= 4 is 17.4 Å². The zero-order chi connectivity index (χ0) is 10.4. The van der Waals surface area contributed by atoms with Gasteiger partial charge in [-0.05, 0) is 30.9 Å². The molecule has 1 rings (SSSR count). The SMILES string of the molecule is CC(C)CCCNc1cccc(Cl)n1. The molecule has 0 spiro atoms. The predicted octanol–water partition coefficient (Wildman–Crippen LogP) is 3.58. The van der Waals surface area contributed by atoms with Gasteiger partial charge in [0.1, 0.15) is 11.0 Å². The molecule has 2 nitrogen and oxygen atoms in total. The van der Waals surface area contributed by atoms with Crippen LogP contribution in [0.15, 0.2) is 18.2 Å². The molecule has 78 valence electrons. The standard InChI is InChI=1S/C11H17ClN2/c1-9(2)5-4-8-13-11-7-3-6-10(12)14-11/h3,6-7,9H,4-5,8H2,1-2H3,(H,13,14). The van der Waals surface area contributed by atoms with Crippen LogP contribution in [0.2, 0.25) is 5.15 Å². The molecule has 0 aliphatic rings. The van der Waals surface area contributed by atoms with Crippen molar-refractivity contribution in [3.05, 3.63) is 23.4 Å². The fourth-order valence-electron chi connectivity index (χ4n) is 1.23. The Morgan fingerprint density at radius 1 is 1.43 bits per heavy atom. The summed E-state index contributed by atoms with van der Waals surface area (Å²) in [5.74, 6) is 1.63. The lowest BCUT2D eigenvalue weighted by Gasteiger charge is -2.06. The minimum atomic E-state index is 0.541. The van der Waals surface area contributed by atoms with Gasteiger partial charge in [0.15, 0.2) is 0 Å². The molecule has 0 amide bonds. The van der Waals surface area contributed by atoms with Gasteiger partial charge in [-0.2, -0.15) is 0 Å². The number of nitrogens with one attached hydrogen (secondary N) is 1. The van der Waals surface area contributed by atoms with E-state index in [1.165, 1.54) is 12.8 Å². The summed E-state index contributed by atoms with van der Waals surface area (Å²) in [7, 11) is 0. The van der Waals surface area contributed by atoms with Crippen LogP contribution in [0.1, 0.15) is 26.7 Å². The van der Waals surface area contributed by atoms with E-state index in [9.17, 15) is 0 Å². The molecule has 0 radical (unpaired) electrons. The fraction of sp³-hybridized carbons (Fsp3) is 0.545. The van der Waals surface area contributed by atoms with E-state index in [2.05, 4.69) is 24.1 Å². The molecule has 3 heteroatoms. The Morgan fingerprint density at radius 2 is 2.21 bits per heavy atom. The lowest BCUT2D eigenvalue weighted by Crippen LogP contribution is -2.04. The Balaban J connectivity index is 2.25. The highest BCUT2D eigenvalue weighted by Gasteiger charge is 1.96. The summed E-state index contributed by atoms with van der Waals surface area (Å²) in [6, 6.07) is 5.61. The highest BCUT2D eigenvalue weighted by molar-refractivity contribution is 6.29. The van der Waals surface area contributed by atoms with E-state index >= 15 is 0 Å². The van der Waals surface area contributed by atoms with Gasteiger partial charge >= 0.3 is 0 Å². The van der Waals surface area contributed by atoms with Crippen molar-refractivity contribution in [1.82, 2.24) is 4.98 Å². The van der Waals surface area contributed by atoms with Gasteiger partial charge in [0.2, 0.25) is 0 Å². The van der Waals surface area contributed by atoms with Gasteiger partial charge in [0.05, 0.1) is 0 Å².